The maximum Gasteiger partial charge on any atom is 0.251 e. The number of hydrogen-bond acceptors (Lipinski definition) is 3. The molecule has 0 spiro atoms. The highest BCUT2D eigenvalue weighted by Gasteiger charge is 2.13. The van der Waals surface area contributed by atoms with Crippen LogP contribution in [0.3, 0.4) is 0 Å². The fourth-order valence-corrected chi connectivity index (χ4v) is 2.48. The molecule has 0 N–H and O–H groups in total. The van der Waals surface area contributed by atoms with E-state index in [-0.39, 0.29) is 12.3 Å². The third-order valence-corrected chi connectivity index (χ3v) is 3.67. The lowest BCUT2D eigenvalue weighted by atomic mass is 10.2. The van der Waals surface area contributed by atoms with Crippen molar-refractivity contribution in [2.24, 2.45) is 0 Å². The Labute approximate surface area is 152 Å². The summed E-state index contributed by atoms with van der Waals surface area (Å²) in [6.07, 6.45) is 3.45. The Bertz CT molecular complexity index is 779. The second-order valence-electron chi connectivity index (χ2n) is 5.21. The van der Waals surface area contributed by atoms with E-state index in [1.807, 2.05) is 43.3 Å². The van der Waals surface area contributed by atoms with Crippen LogP contribution in [0.25, 0.3) is 6.08 Å². The number of hydrogen-bond donors (Lipinski definition) is 0. The normalized spacial score (nSPS) is 10.4. The molecule has 0 radical (unpaired) electrons. The number of ether oxygens (including phenoxy) is 1. The van der Waals surface area contributed by atoms with Crippen LogP contribution >= 0.6 is 11.6 Å². The minimum atomic E-state index is -0.195. The Morgan fingerprint density at radius 3 is 2.68 bits per heavy atom. The number of nitriles is 1. The SMILES string of the molecule is CCOc1ccc(N(CCC#N)C(=O)/C=C/c2cccc(Cl)c2)cc1. The van der Waals surface area contributed by atoms with Crippen molar-refractivity contribution in [2.75, 3.05) is 18.1 Å². The average molecular weight is 355 g/mol. The van der Waals surface area contributed by atoms with Crippen LogP contribution in [0.5, 0.6) is 5.75 Å². The Hall–Kier alpha value is -2.77. The van der Waals surface area contributed by atoms with Crippen LogP contribution in [0.15, 0.2) is 54.6 Å². The van der Waals surface area contributed by atoms with Crippen LogP contribution in [0, 0.1) is 11.3 Å². The van der Waals surface area contributed by atoms with Crippen LogP contribution in [0.2, 0.25) is 5.02 Å². The Kier molecular flexibility index (Phi) is 7.06. The summed E-state index contributed by atoms with van der Waals surface area (Å²) < 4.78 is 5.42. The number of rotatable bonds is 7. The molecule has 5 heteroatoms. The van der Waals surface area contributed by atoms with Gasteiger partial charge in [0.05, 0.1) is 19.1 Å². The van der Waals surface area contributed by atoms with Gasteiger partial charge in [-0.25, -0.2) is 0 Å². The first kappa shape index (κ1) is 18.6. The van der Waals surface area contributed by atoms with Gasteiger partial charge in [-0.2, -0.15) is 5.26 Å². The third kappa shape index (κ3) is 5.66. The molecule has 0 bridgehead atoms. The molecule has 0 unspecified atom stereocenters. The zero-order valence-electron chi connectivity index (χ0n) is 14.0. The zero-order valence-corrected chi connectivity index (χ0v) is 14.7. The minimum absolute atomic E-state index is 0.195. The number of carbonyl (C=O) groups is 1. The summed E-state index contributed by atoms with van der Waals surface area (Å²) in [4.78, 5) is 14.2. The fourth-order valence-electron chi connectivity index (χ4n) is 2.29. The van der Waals surface area contributed by atoms with Gasteiger partial charge < -0.3 is 9.64 Å². The van der Waals surface area contributed by atoms with Gasteiger partial charge in [0.25, 0.3) is 5.91 Å². The average Bonchev–Trinajstić information content (AvgIpc) is 2.62. The third-order valence-electron chi connectivity index (χ3n) is 3.44. The van der Waals surface area contributed by atoms with E-state index in [0.717, 1.165) is 17.0 Å². The Morgan fingerprint density at radius 2 is 2.04 bits per heavy atom. The molecule has 2 aromatic rings. The topological polar surface area (TPSA) is 53.3 Å². The van der Waals surface area contributed by atoms with E-state index in [4.69, 9.17) is 21.6 Å². The van der Waals surface area contributed by atoms with Crippen molar-refractivity contribution >= 4 is 29.3 Å². The maximum absolute atomic E-state index is 12.6. The second-order valence-corrected chi connectivity index (χ2v) is 5.65. The predicted octanol–water partition coefficient (Wildman–Crippen LogP) is 4.70. The Morgan fingerprint density at radius 1 is 1.28 bits per heavy atom. The molecule has 25 heavy (non-hydrogen) atoms. The number of benzene rings is 2. The van der Waals surface area contributed by atoms with Gasteiger partial charge >= 0.3 is 0 Å². The number of halogens is 1. The quantitative estimate of drug-likeness (QED) is 0.677. The number of carbonyl (C=O) groups excluding carboxylic acids is 1. The van der Waals surface area contributed by atoms with E-state index in [1.165, 1.54) is 6.08 Å². The summed E-state index contributed by atoms with van der Waals surface area (Å²) in [6, 6.07) is 16.6. The zero-order chi connectivity index (χ0) is 18.1. The molecule has 0 saturated heterocycles. The van der Waals surface area contributed by atoms with Crippen LogP contribution in [-0.4, -0.2) is 19.1 Å². The van der Waals surface area contributed by atoms with E-state index >= 15 is 0 Å². The first-order valence-corrected chi connectivity index (χ1v) is 8.36. The first-order chi connectivity index (χ1) is 12.1. The lowest BCUT2D eigenvalue weighted by molar-refractivity contribution is -0.114. The predicted molar refractivity (Wildman–Crippen MR) is 101 cm³/mol. The van der Waals surface area contributed by atoms with Crippen LogP contribution in [0.1, 0.15) is 18.9 Å². The largest absolute Gasteiger partial charge is 0.494 e. The second kappa shape index (κ2) is 9.51. The van der Waals surface area contributed by atoms with Crippen molar-refractivity contribution in [3.8, 4) is 11.8 Å². The molecule has 2 aromatic carbocycles. The molecule has 0 heterocycles. The summed E-state index contributed by atoms with van der Waals surface area (Å²) in [5.74, 6) is 0.549. The smallest absolute Gasteiger partial charge is 0.251 e. The van der Waals surface area contributed by atoms with Crippen molar-refractivity contribution in [2.45, 2.75) is 13.3 Å². The van der Waals surface area contributed by atoms with Crippen LogP contribution in [0.4, 0.5) is 5.69 Å². The maximum atomic E-state index is 12.6. The van der Waals surface area contributed by atoms with Crippen molar-refractivity contribution in [1.29, 1.82) is 5.26 Å². The van der Waals surface area contributed by atoms with Gasteiger partial charge in [0.1, 0.15) is 5.75 Å². The summed E-state index contributed by atoms with van der Waals surface area (Å²) in [7, 11) is 0. The monoisotopic (exact) mass is 354 g/mol. The summed E-state index contributed by atoms with van der Waals surface area (Å²) >= 11 is 5.95. The molecular formula is C20H19ClN2O2. The van der Waals surface area contributed by atoms with Crippen molar-refractivity contribution in [3.63, 3.8) is 0 Å². The lowest BCUT2D eigenvalue weighted by Gasteiger charge is -2.20. The van der Waals surface area contributed by atoms with Crippen LogP contribution < -0.4 is 9.64 Å². The molecule has 2 rings (SSSR count). The van der Waals surface area contributed by atoms with E-state index in [0.29, 0.717) is 18.2 Å². The molecule has 0 aromatic heterocycles. The Balaban J connectivity index is 2.18. The van der Waals surface area contributed by atoms with Gasteiger partial charge in [-0.15, -0.1) is 0 Å². The van der Waals surface area contributed by atoms with Gasteiger partial charge in [-0.05, 0) is 55.0 Å². The van der Waals surface area contributed by atoms with Crippen molar-refractivity contribution < 1.29 is 9.53 Å². The molecule has 0 saturated carbocycles. The summed E-state index contributed by atoms with van der Waals surface area (Å²) in [5.41, 5.74) is 1.56. The van der Waals surface area contributed by atoms with Crippen LogP contribution in [-0.2, 0) is 4.79 Å². The number of nitrogens with zero attached hydrogens (tertiary/aromatic N) is 2. The summed E-state index contributed by atoms with van der Waals surface area (Å²) in [5, 5.41) is 9.47. The highest BCUT2D eigenvalue weighted by molar-refractivity contribution is 6.30. The van der Waals surface area contributed by atoms with E-state index in [2.05, 4.69) is 6.07 Å². The molecular weight excluding hydrogens is 336 g/mol. The van der Waals surface area contributed by atoms with E-state index in [9.17, 15) is 4.79 Å². The molecule has 4 nitrogen and oxygen atoms in total. The number of anilines is 1. The van der Waals surface area contributed by atoms with E-state index < -0.39 is 0 Å². The summed E-state index contributed by atoms with van der Waals surface area (Å²) in [6.45, 7) is 2.82. The van der Waals surface area contributed by atoms with Gasteiger partial charge in [0, 0.05) is 23.3 Å². The lowest BCUT2D eigenvalue weighted by Crippen LogP contribution is -2.30. The van der Waals surface area contributed by atoms with Crippen molar-refractivity contribution in [1.82, 2.24) is 0 Å². The van der Waals surface area contributed by atoms with Gasteiger partial charge in [-0.3, -0.25) is 4.79 Å². The van der Waals surface area contributed by atoms with E-state index in [1.54, 1.807) is 23.1 Å². The first-order valence-electron chi connectivity index (χ1n) is 7.99. The van der Waals surface area contributed by atoms with Gasteiger partial charge in [0.15, 0.2) is 0 Å². The molecule has 128 valence electrons. The highest BCUT2D eigenvalue weighted by atomic mass is 35.5. The minimum Gasteiger partial charge on any atom is -0.494 e. The molecule has 0 aliphatic rings. The highest BCUT2D eigenvalue weighted by Crippen LogP contribution is 2.21. The molecule has 1 amide bonds. The van der Waals surface area contributed by atoms with Gasteiger partial charge in [-0.1, -0.05) is 23.7 Å². The standard InChI is InChI=1S/C20H19ClN2O2/c1-2-25-19-10-8-18(9-11-19)23(14-4-13-22)20(24)12-7-16-5-3-6-17(21)15-16/h3,5-12,15H,2,4,14H2,1H3/b12-7+. The molecule has 0 aliphatic heterocycles. The van der Waals surface area contributed by atoms with Crippen molar-refractivity contribution in [3.05, 3.63) is 65.2 Å². The molecule has 0 atom stereocenters. The fraction of sp³-hybridized carbons (Fsp3) is 0.200. The number of amides is 1. The molecule has 0 aliphatic carbocycles. The molecule has 0 fully saturated rings. The van der Waals surface area contributed by atoms with Gasteiger partial charge in [0.2, 0.25) is 0 Å².